The minimum Gasteiger partial charge on any atom is -0.445 e. The predicted molar refractivity (Wildman–Crippen MR) is 91.5 cm³/mol. The molecule has 0 spiro atoms. The maximum Gasteiger partial charge on any atom is 0.411 e. The summed E-state index contributed by atoms with van der Waals surface area (Å²) in [5, 5.41) is 0. The SMILES string of the molecule is O=C(OCc1ccccc1)N1C2C=C(c3cnccn3)CC1COC2. The van der Waals surface area contributed by atoms with Gasteiger partial charge in [-0.3, -0.25) is 14.9 Å². The first-order valence-electron chi connectivity index (χ1n) is 8.35. The number of rotatable bonds is 3. The van der Waals surface area contributed by atoms with Crippen LogP contribution in [0.15, 0.2) is 55.0 Å². The van der Waals surface area contributed by atoms with Crippen LogP contribution in [0.1, 0.15) is 17.7 Å². The maximum absolute atomic E-state index is 12.6. The molecule has 128 valence electrons. The second kappa shape index (κ2) is 7.03. The lowest BCUT2D eigenvalue weighted by Gasteiger charge is -2.43. The first-order valence-corrected chi connectivity index (χ1v) is 8.35. The van der Waals surface area contributed by atoms with Gasteiger partial charge in [0.25, 0.3) is 0 Å². The highest BCUT2D eigenvalue weighted by Gasteiger charge is 2.39. The van der Waals surface area contributed by atoms with Gasteiger partial charge in [-0.25, -0.2) is 4.79 Å². The summed E-state index contributed by atoms with van der Waals surface area (Å²) in [6, 6.07) is 9.53. The molecule has 1 saturated heterocycles. The van der Waals surface area contributed by atoms with E-state index in [1.54, 1.807) is 23.5 Å². The lowest BCUT2D eigenvalue weighted by molar-refractivity contribution is -0.0342. The topological polar surface area (TPSA) is 64.5 Å². The van der Waals surface area contributed by atoms with Crippen LogP contribution in [0.25, 0.3) is 5.57 Å². The second-order valence-electron chi connectivity index (χ2n) is 6.19. The quantitative estimate of drug-likeness (QED) is 0.861. The highest BCUT2D eigenvalue weighted by molar-refractivity contribution is 5.73. The molecule has 1 fully saturated rings. The molecule has 0 aliphatic carbocycles. The van der Waals surface area contributed by atoms with Crippen molar-refractivity contribution in [2.75, 3.05) is 13.2 Å². The van der Waals surface area contributed by atoms with Gasteiger partial charge in [0, 0.05) is 12.4 Å². The average molecular weight is 337 g/mol. The number of aromatic nitrogens is 2. The highest BCUT2D eigenvalue weighted by atomic mass is 16.6. The normalized spacial score (nSPS) is 22.2. The Kier molecular flexibility index (Phi) is 4.43. The van der Waals surface area contributed by atoms with Gasteiger partial charge in [-0.15, -0.1) is 0 Å². The summed E-state index contributed by atoms with van der Waals surface area (Å²) in [6.45, 7) is 1.26. The van der Waals surface area contributed by atoms with E-state index >= 15 is 0 Å². The molecule has 2 atom stereocenters. The number of hydrogen-bond acceptors (Lipinski definition) is 5. The van der Waals surface area contributed by atoms with E-state index in [1.807, 2.05) is 36.4 Å². The molecular formula is C19H19N3O3. The molecule has 4 rings (SSSR count). The Hall–Kier alpha value is -2.73. The lowest BCUT2D eigenvalue weighted by atomic mass is 9.93. The standard InChI is InChI=1S/C19H19N3O3/c23-19(25-11-14-4-2-1-3-5-14)22-16-8-15(9-17(22)13-24-12-16)18-10-20-6-7-21-18/h1-8,10,16-17H,9,11-13H2. The second-order valence-corrected chi connectivity index (χ2v) is 6.19. The van der Waals surface area contributed by atoms with E-state index in [0.717, 1.165) is 16.8 Å². The molecule has 2 aromatic rings. The van der Waals surface area contributed by atoms with Crippen LogP contribution >= 0.6 is 0 Å². The van der Waals surface area contributed by atoms with Crippen molar-refractivity contribution >= 4 is 11.7 Å². The van der Waals surface area contributed by atoms with E-state index in [2.05, 4.69) is 9.97 Å². The first kappa shape index (κ1) is 15.8. The van der Waals surface area contributed by atoms with E-state index in [4.69, 9.17) is 9.47 Å². The Balaban J connectivity index is 1.49. The van der Waals surface area contributed by atoms with Gasteiger partial charge >= 0.3 is 6.09 Å². The Bertz CT molecular complexity index is 764. The smallest absolute Gasteiger partial charge is 0.411 e. The van der Waals surface area contributed by atoms with Gasteiger partial charge in [0.15, 0.2) is 0 Å². The first-order chi connectivity index (χ1) is 12.3. The zero-order chi connectivity index (χ0) is 17.1. The van der Waals surface area contributed by atoms with E-state index in [9.17, 15) is 4.79 Å². The van der Waals surface area contributed by atoms with Crippen molar-refractivity contribution in [2.24, 2.45) is 0 Å². The predicted octanol–water partition coefficient (Wildman–Crippen LogP) is 2.67. The molecule has 6 heteroatoms. The molecule has 0 N–H and O–H groups in total. The summed E-state index contributed by atoms with van der Waals surface area (Å²) < 4.78 is 11.2. The third-order valence-corrected chi connectivity index (χ3v) is 4.51. The number of carbonyl (C=O) groups excluding carboxylic acids is 1. The third kappa shape index (κ3) is 3.39. The van der Waals surface area contributed by atoms with E-state index < -0.39 is 0 Å². The molecule has 1 aromatic carbocycles. The van der Waals surface area contributed by atoms with Crippen LogP contribution in [0.5, 0.6) is 0 Å². The fraction of sp³-hybridized carbons (Fsp3) is 0.316. The van der Waals surface area contributed by atoms with Crippen molar-refractivity contribution in [3.05, 3.63) is 66.3 Å². The Labute approximate surface area is 146 Å². The van der Waals surface area contributed by atoms with Crippen LogP contribution in [-0.2, 0) is 16.1 Å². The van der Waals surface area contributed by atoms with Crippen molar-refractivity contribution < 1.29 is 14.3 Å². The van der Waals surface area contributed by atoms with Crippen LogP contribution in [-0.4, -0.2) is 46.3 Å². The minimum absolute atomic E-state index is 0.0379. The Morgan fingerprint density at radius 1 is 1.24 bits per heavy atom. The van der Waals surface area contributed by atoms with Crippen molar-refractivity contribution in [1.82, 2.24) is 14.9 Å². The Morgan fingerprint density at radius 2 is 2.12 bits per heavy atom. The Morgan fingerprint density at radius 3 is 2.88 bits per heavy atom. The number of ether oxygens (including phenoxy) is 2. The van der Waals surface area contributed by atoms with Gasteiger partial charge in [0.05, 0.1) is 37.2 Å². The molecule has 2 bridgehead atoms. The van der Waals surface area contributed by atoms with E-state index in [-0.39, 0.29) is 24.8 Å². The van der Waals surface area contributed by atoms with Crippen LogP contribution < -0.4 is 0 Å². The molecule has 0 saturated carbocycles. The van der Waals surface area contributed by atoms with Crippen molar-refractivity contribution in [3.63, 3.8) is 0 Å². The molecule has 2 aliphatic heterocycles. The van der Waals surface area contributed by atoms with Gasteiger partial charge in [0.2, 0.25) is 0 Å². The fourth-order valence-electron chi connectivity index (χ4n) is 3.33. The monoisotopic (exact) mass is 337 g/mol. The van der Waals surface area contributed by atoms with Crippen molar-refractivity contribution in [1.29, 1.82) is 0 Å². The van der Waals surface area contributed by atoms with Crippen molar-refractivity contribution in [3.8, 4) is 0 Å². The van der Waals surface area contributed by atoms with Crippen LogP contribution in [0.3, 0.4) is 0 Å². The average Bonchev–Trinajstić information content (AvgIpc) is 2.66. The van der Waals surface area contributed by atoms with E-state index in [1.165, 1.54) is 0 Å². The summed E-state index contributed by atoms with van der Waals surface area (Å²) in [4.78, 5) is 22.9. The van der Waals surface area contributed by atoms with Gasteiger partial charge in [-0.1, -0.05) is 36.4 Å². The number of hydrogen-bond donors (Lipinski definition) is 0. The molecule has 1 amide bonds. The minimum atomic E-state index is -0.295. The number of benzene rings is 1. The van der Waals surface area contributed by atoms with Gasteiger partial charge in [0.1, 0.15) is 6.61 Å². The molecule has 6 nitrogen and oxygen atoms in total. The van der Waals surface area contributed by atoms with Crippen molar-refractivity contribution in [2.45, 2.75) is 25.1 Å². The number of nitrogens with zero attached hydrogens (tertiary/aromatic N) is 3. The summed E-state index contributed by atoms with van der Waals surface area (Å²) in [6.07, 6.45) is 7.54. The zero-order valence-corrected chi connectivity index (χ0v) is 13.7. The largest absolute Gasteiger partial charge is 0.445 e. The van der Waals surface area contributed by atoms with Crippen LogP contribution in [0.2, 0.25) is 0 Å². The number of carbonyl (C=O) groups is 1. The van der Waals surface area contributed by atoms with Crippen LogP contribution in [0.4, 0.5) is 4.79 Å². The lowest BCUT2D eigenvalue weighted by Crippen LogP contribution is -2.56. The number of amides is 1. The highest BCUT2D eigenvalue weighted by Crippen LogP contribution is 2.32. The number of fused-ring (bicyclic) bond motifs is 2. The summed E-state index contributed by atoms with van der Waals surface area (Å²) >= 11 is 0. The molecule has 0 radical (unpaired) electrons. The molecule has 1 aromatic heterocycles. The molecule has 3 heterocycles. The third-order valence-electron chi connectivity index (χ3n) is 4.51. The molecule has 25 heavy (non-hydrogen) atoms. The molecule has 2 unspecified atom stereocenters. The molecule has 2 aliphatic rings. The summed E-state index contributed by atoms with van der Waals surface area (Å²) in [5.74, 6) is 0. The zero-order valence-electron chi connectivity index (χ0n) is 13.7. The van der Waals surface area contributed by atoms with Gasteiger partial charge in [-0.2, -0.15) is 0 Å². The molecular weight excluding hydrogens is 318 g/mol. The van der Waals surface area contributed by atoms with Gasteiger partial charge < -0.3 is 9.47 Å². The van der Waals surface area contributed by atoms with Crippen LogP contribution in [0, 0.1) is 0 Å². The number of morpholine rings is 1. The fourth-order valence-corrected chi connectivity index (χ4v) is 3.33. The maximum atomic E-state index is 12.6. The summed E-state index contributed by atoms with van der Waals surface area (Å²) in [5.41, 5.74) is 2.94. The summed E-state index contributed by atoms with van der Waals surface area (Å²) in [7, 11) is 0. The van der Waals surface area contributed by atoms with E-state index in [0.29, 0.717) is 19.6 Å². The van der Waals surface area contributed by atoms with Gasteiger partial charge in [-0.05, 0) is 17.6 Å².